The molecule has 0 fully saturated rings. The minimum atomic E-state index is -0.704. The maximum atomic E-state index is 10.0. The second-order valence-corrected chi connectivity index (χ2v) is 3.09. The van der Waals surface area contributed by atoms with E-state index in [1.54, 1.807) is 6.92 Å². The molecule has 0 bridgehead atoms. The molecule has 0 spiro atoms. The van der Waals surface area contributed by atoms with Crippen LogP contribution in [-0.2, 0) is 14.3 Å². The van der Waals surface area contributed by atoms with Crippen LogP contribution in [0, 0.1) is 0 Å². The van der Waals surface area contributed by atoms with Gasteiger partial charge in [0.1, 0.15) is 0 Å². The summed E-state index contributed by atoms with van der Waals surface area (Å²) >= 11 is 0. The number of allylic oxidation sites excluding steroid dienone is 2. The number of ether oxygens (including phenoxy) is 1. The van der Waals surface area contributed by atoms with Crippen molar-refractivity contribution in [2.45, 2.75) is 46.5 Å². The molecule has 0 rings (SSSR count). The Morgan fingerprint density at radius 2 is 1.88 bits per heavy atom. The van der Waals surface area contributed by atoms with Crippen LogP contribution in [0.25, 0.3) is 0 Å². The molecule has 0 aliphatic heterocycles. The maximum absolute atomic E-state index is 10.0. The molecule has 0 saturated carbocycles. The zero-order valence-electron chi connectivity index (χ0n) is 10.4. The molecule has 0 aromatic rings. The van der Waals surface area contributed by atoms with E-state index in [2.05, 4.69) is 17.7 Å². The first-order chi connectivity index (χ1) is 7.54. The smallest absolute Gasteiger partial charge is 0.303 e. The average molecular weight is 230 g/mol. The van der Waals surface area contributed by atoms with Crippen molar-refractivity contribution in [2.24, 2.45) is 0 Å². The van der Waals surface area contributed by atoms with E-state index in [1.807, 2.05) is 6.08 Å². The van der Waals surface area contributed by atoms with E-state index in [0.717, 1.165) is 19.3 Å². The van der Waals surface area contributed by atoms with Crippen molar-refractivity contribution in [3.8, 4) is 0 Å². The van der Waals surface area contributed by atoms with Gasteiger partial charge in [0.2, 0.25) is 0 Å². The molecule has 0 saturated heterocycles. The second-order valence-electron chi connectivity index (χ2n) is 3.09. The molecule has 0 radical (unpaired) electrons. The minimum absolute atomic E-state index is 0.211. The zero-order chi connectivity index (χ0) is 12.8. The monoisotopic (exact) mass is 230 g/mol. The van der Waals surface area contributed by atoms with Crippen molar-refractivity contribution < 1.29 is 19.4 Å². The number of hydrogen-bond acceptors (Lipinski definition) is 3. The van der Waals surface area contributed by atoms with E-state index in [-0.39, 0.29) is 12.4 Å². The van der Waals surface area contributed by atoms with E-state index in [4.69, 9.17) is 5.11 Å². The molecule has 0 unspecified atom stereocenters. The van der Waals surface area contributed by atoms with E-state index in [1.165, 1.54) is 6.92 Å². The molecular formula is C12H22O4. The molecule has 94 valence electrons. The Bertz CT molecular complexity index is 209. The number of carboxylic acid groups (broad SMARTS) is 1. The lowest BCUT2D eigenvalue weighted by atomic mass is 10.2. The van der Waals surface area contributed by atoms with Gasteiger partial charge < -0.3 is 9.84 Å². The predicted molar refractivity (Wildman–Crippen MR) is 63.2 cm³/mol. The first kappa shape index (κ1) is 17.1. The SMILES string of the molecule is CCC=CCCCC(=O)O.CCOC(C)=O. The summed E-state index contributed by atoms with van der Waals surface area (Å²) in [6.45, 7) is 5.72. The summed E-state index contributed by atoms with van der Waals surface area (Å²) in [7, 11) is 0. The van der Waals surface area contributed by atoms with Gasteiger partial charge in [0.25, 0.3) is 0 Å². The van der Waals surface area contributed by atoms with Gasteiger partial charge >= 0.3 is 11.9 Å². The molecule has 4 heteroatoms. The molecule has 0 amide bonds. The summed E-state index contributed by atoms with van der Waals surface area (Å²) in [5.74, 6) is -0.914. The highest BCUT2D eigenvalue weighted by Crippen LogP contribution is 1.96. The van der Waals surface area contributed by atoms with Gasteiger partial charge in [-0.05, 0) is 26.2 Å². The number of esters is 1. The van der Waals surface area contributed by atoms with E-state index in [0.29, 0.717) is 6.61 Å². The van der Waals surface area contributed by atoms with Crippen molar-refractivity contribution in [2.75, 3.05) is 6.61 Å². The Morgan fingerprint density at radius 1 is 1.25 bits per heavy atom. The third-order valence-electron chi connectivity index (χ3n) is 1.51. The largest absolute Gasteiger partial charge is 0.481 e. The van der Waals surface area contributed by atoms with Crippen molar-refractivity contribution in [1.82, 2.24) is 0 Å². The van der Waals surface area contributed by atoms with Crippen molar-refractivity contribution in [3.63, 3.8) is 0 Å². The van der Waals surface area contributed by atoms with Gasteiger partial charge in [-0.25, -0.2) is 0 Å². The lowest BCUT2D eigenvalue weighted by Crippen LogP contribution is -1.95. The maximum Gasteiger partial charge on any atom is 0.303 e. The van der Waals surface area contributed by atoms with Gasteiger partial charge in [-0.1, -0.05) is 19.1 Å². The first-order valence-corrected chi connectivity index (χ1v) is 5.54. The van der Waals surface area contributed by atoms with Gasteiger partial charge in [0.15, 0.2) is 0 Å². The molecule has 0 aromatic carbocycles. The first-order valence-electron chi connectivity index (χ1n) is 5.54. The fourth-order valence-electron chi connectivity index (χ4n) is 0.859. The number of hydrogen-bond donors (Lipinski definition) is 1. The van der Waals surface area contributed by atoms with Crippen LogP contribution in [-0.4, -0.2) is 23.7 Å². The summed E-state index contributed by atoms with van der Waals surface area (Å²) in [4.78, 5) is 19.8. The van der Waals surface area contributed by atoms with E-state index >= 15 is 0 Å². The summed E-state index contributed by atoms with van der Waals surface area (Å²) < 4.78 is 4.40. The van der Waals surface area contributed by atoms with Gasteiger partial charge in [0.05, 0.1) is 6.61 Å². The lowest BCUT2D eigenvalue weighted by Gasteiger charge is -1.89. The van der Waals surface area contributed by atoms with Crippen LogP contribution in [0.5, 0.6) is 0 Å². The van der Waals surface area contributed by atoms with Crippen LogP contribution in [0.15, 0.2) is 12.2 Å². The standard InChI is InChI=1S/C8H14O2.C4H8O2/c1-2-3-4-5-6-7-8(9)10;1-3-6-4(2)5/h3-4H,2,5-7H2,1H3,(H,9,10);3H2,1-2H3. The second kappa shape index (κ2) is 13.7. The summed E-state index contributed by atoms with van der Waals surface area (Å²) in [5, 5.41) is 8.25. The summed E-state index contributed by atoms with van der Waals surface area (Å²) in [6.07, 6.45) is 7.05. The highest BCUT2D eigenvalue weighted by Gasteiger charge is 1.92. The van der Waals surface area contributed by atoms with E-state index in [9.17, 15) is 9.59 Å². The number of carbonyl (C=O) groups excluding carboxylic acids is 1. The van der Waals surface area contributed by atoms with Crippen molar-refractivity contribution >= 4 is 11.9 Å². The van der Waals surface area contributed by atoms with Gasteiger partial charge in [-0.3, -0.25) is 9.59 Å². The number of carbonyl (C=O) groups is 2. The van der Waals surface area contributed by atoms with E-state index < -0.39 is 5.97 Å². The summed E-state index contributed by atoms with van der Waals surface area (Å²) in [6, 6.07) is 0. The minimum Gasteiger partial charge on any atom is -0.481 e. The molecule has 4 nitrogen and oxygen atoms in total. The molecule has 0 heterocycles. The van der Waals surface area contributed by atoms with Gasteiger partial charge in [-0.2, -0.15) is 0 Å². The fraction of sp³-hybridized carbons (Fsp3) is 0.667. The van der Waals surface area contributed by atoms with Crippen LogP contribution >= 0.6 is 0 Å². The normalized spacial score (nSPS) is 9.44. The molecule has 0 aliphatic carbocycles. The average Bonchev–Trinajstić information content (AvgIpc) is 2.17. The third kappa shape index (κ3) is 23.0. The van der Waals surface area contributed by atoms with Crippen LogP contribution in [0.3, 0.4) is 0 Å². The zero-order valence-corrected chi connectivity index (χ0v) is 10.4. The highest BCUT2D eigenvalue weighted by atomic mass is 16.5. The van der Waals surface area contributed by atoms with Crippen molar-refractivity contribution in [3.05, 3.63) is 12.2 Å². The molecule has 16 heavy (non-hydrogen) atoms. The number of unbranched alkanes of at least 4 members (excludes halogenated alkanes) is 1. The molecule has 0 aliphatic rings. The molecule has 0 atom stereocenters. The number of carboxylic acids is 1. The van der Waals surface area contributed by atoms with Crippen LogP contribution in [0.1, 0.15) is 46.5 Å². The Kier molecular flexibility index (Phi) is 14.6. The van der Waals surface area contributed by atoms with Crippen LogP contribution in [0.2, 0.25) is 0 Å². The summed E-state index contributed by atoms with van der Waals surface area (Å²) in [5.41, 5.74) is 0. The number of aliphatic carboxylic acids is 1. The predicted octanol–water partition coefficient (Wildman–Crippen LogP) is 2.78. The fourth-order valence-corrected chi connectivity index (χ4v) is 0.859. The Hall–Kier alpha value is -1.32. The Balaban J connectivity index is 0. The lowest BCUT2D eigenvalue weighted by molar-refractivity contribution is -0.140. The number of rotatable bonds is 6. The molecule has 0 aromatic heterocycles. The van der Waals surface area contributed by atoms with Crippen LogP contribution in [0.4, 0.5) is 0 Å². The quantitative estimate of drug-likeness (QED) is 0.433. The molecule has 1 N–H and O–H groups in total. The molecular weight excluding hydrogens is 208 g/mol. The van der Waals surface area contributed by atoms with Crippen LogP contribution < -0.4 is 0 Å². The Labute approximate surface area is 97.3 Å². The third-order valence-corrected chi connectivity index (χ3v) is 1.51. The van der Waals surface area contributed by atoms with Gasteiger partial charge in [0, 0.05) is 13.3 Å². The van der Waals surface area contributed by atoms with Crippen molar-refractivity contribution in [1.29, 1.82) is 0 Å². The Morgan fingerprint density at radius 3 is 2.19 bits per heavy atom. The highest BCUT2D eigenvalue weighted by molar-refractivity contribution is 5.66. The van der Waals surface area contributed by atoms with Gasteiger partial charge in [-0.15, -0.1) is 0 Å². The topological polar surface area (TPSA) is 63.6 Å².